The minimum absolute atomic E-state index is 0.187. The topological polar surface area (TPSA) is 21.3 Å². The highest BCUT2D eigenvalue weighted by Gasteiger charge is 2.25. The molecule has 1 rings (SSSR count). The third-order valence-electron chi connectivity index (χ3n) is 2.08. The summed E-state index contributed by atoms with van der Waals surface area (Å²) in [4.78, 5) is 0. The molecule has 0 saturated carbocycles. The van der Waals surface area contributed by atoms with Gasteiger partial charge in [-0.1, -0.05) is 17.7 Å². The molecule has 0 aromatic carbocycles. The smallest absolute Gasteiger partial charge is 0.146 e. The molecule has 12 heavy (non-hydrogen) atoms. The summed E-state index contributed by atoms with van der Waals surface area (Å²) >= 11 is 5.93. The van der Waals surface area contributed by atoms with E-state index in [-0.39, 0.29) is 17.7 Å². The zero-order valence-corrected chi connectivity index (χ0v) is 8.18. The minimum Gasteiger partial charge on any atom is -0.356 e. The number of nitrogens with one attached hydrogen (secondary N) is 1. The highest BCUT2D eigenvalue weighted by Crippen LogP contribution is 2.16. The summed E-state index contributed by atoms with van der Waals surface area (Å²) in [5.74, 6) is 0. The van der Waals surface area contributed by atoms with E-state index in [1.54, 1.807) is 0 Å². The van der Waals surface area contributed by atoms with Crippen molar-refractivity contribution >= 4 is 11.6 Å². The zero-order chi connectivity index (χ0) is 8.97. The summed E-state index contributed by atoms with van der Waals surface area (Å²) in [5.41, 5.74) is -0.187. The number of alkyl halides is 1. The molecule has 0 radical (unpaired) electrons. The van der Waals surface area contributed by atoms with Crippen LogP contribution < -0.4 is 5.32 Å². The maximum atomic E-state index is 5.93. The van der Waals surface area contributed by atoms with Crippen LogP contribution in [0, 0.1) is 0 Å². The van der Waals surface area contributed by atoms with Gasteiger partial charge in [0, 0.05) is 12.6 Å². The monoisotopic (exact) mass is 189 g/mol. The van der Waals surface area contributed by atoms with E-state index in [2.05, 4.69) is 11.9 Å². The molecular formula is C9H16ClNO. The van der Waals surface area contributed by atoms with Gasteiger partial charge in [-0.2, -0.15) is 0 Å². The Morgan fingerprint density at radius 1 is 1.75 bits per heavy atom. The van der Waals surface area contributed by atoms with Gasteiger partial charge in [0.1, 0.15) is 5.56 Å². The lowest BCUT2D eigenvalue weighted by atomic mass is 10.1. The Bertz CT molecular complexity index is 151. The molecule has 70 valence electrons. The molecule has 0 bridgehead atoms. The summed E-state index contributed by atoms with van der Waals surface area (Å²) in [6.07, 6.45) is 4.16. The van der Waals surface area contributed by atoms with E-state index in [1.807, 2.05) is 13.0 Å². The van der Waals surface area contributed by atoms with Crippen LogP contribution in [0.1, 0.15) is 19.8 Å². The van der Waals surface area contributed by atoms with Crippen molar-refractivity contribution in [2.24, 2.45) is 0 Å². The predicted molar refractivity (Wildman–Crippen MR) is 51.4 cm³/mol. The van der Waals surface area contributed by atoms with Gasteiger partial charge >= 0.3 is 0 Å². The molecule has 0 aromatic heterocycles. The molecular weight excluding hydrogens is 174 g/mol. The molecule has 1 aliphatic heterocycles. The number of hydrogen-bond donors (Lipinski definition) is 1. The van der Waals surface area contributed by atoms with Gasteiger partial charge in [-0.05, 0) is 19.8 Å². The zero-order valence-electron chi connectivity index (χ0n) is 7.42. The number of hydrogen-bond acceptors (Lipinski definition) is 2. The van der Waals surface area contributed by atoms with Crippen molar-refractivity contribution in [2.75, 3.05) is 6.54 Å². The first-order chi connectivity index (χ1) is 5.74. The maximum Gasteiger partial charge on any atom is 0.146 e. The molecule has 1 fully saturated rings. The molecule has 3 atom stereocenters. The Morgan fingerprint density at radius 2 is 2.50 bits per heavy atom. The Kier molecular flexibility index (Phi) is 4.06. The van der Waals surface area contributed by atoms with Crippen LogP contribution in [0.5, 0.6) is 0 Å². The summed E-state index contributed by atoms with van der Waals surface area (Å²) in [6.45, 7) is 6.60. The van der Waals surface area contributed by atoms with E-state index in [0.29, 0.717) is 0 Å². The SMILES string of the molecule is C=CCCC1CN[C@@H](C)C(Cl)O1. The average molecular weight is 190 g/mol. The molecule has 1 heterocycles. The Labute approximate surface area is 78.9 Å². The second-order valence-electron chi connectivity index (χ2n) is 3.17. The maximum absolute atomic E-state index is 5.93. The summed E-state index contributed by atoms with van der Waals surface area (Å²) in [5, 5.41) is 3.30. The number of morpholine rings is 1. The lowest BCUT2D eigenvalue weighted by molar-refractivity contribution is -0.0197. The Balaban J connectivity index is 2.25. The third-order valence-corrected chi connectivity index (χ3v) is 2.56. The van der Waals surface area contributed by atoms with Gasteiger partial charge in [-0.3, -0.25) is 0 Å². The van der Waals surface area contributed by atoms with Gasteiger partial charge in [-0.15, -0.1) is 6.58 Å². The van der Waals surface area contributed by atoms with Gasteiger partial charge in [-0.25, -0.2) is 0 Å². The van der Waals surface area contributed by atoms with E-state index < -0.39 is 0 Å². The van der Waals surface area contributed by atoms with Crippen LogP contribution in [0.25, 0.3) is 0 Å². The van der Waals surface area contributed by atoms with Crippen molar-refractivity contribution in [1.82, 2.24) is 5.32 Å². The first-order valence-corrected chi connectivity index (χ1v) is 4.81. The normalized spacial score (nSPS) is 36.3. The number of rotatable bonds is 3. The molecule has 0 amide bonds. The molecule has 0 aromatic rings. The number of halogens is 1. The fourth-order valence-electron chi connectivity index (χ4n) is 1.23. The minimum atomic E-state index is -0.187. The van der Waals surface area contributed by atoms with Crippen LogP contribution in [0.15, 0.2) is 12.7 Å². The van der Waals surface area contributed by atoms with Gasteiger partial charge in [0.25, 0.3) is 0 Å². The summed E-state index contributed by atoms with van der Waals surface area (Å²) in [6, 6.07) is 0.256. The van der Waals surface area contributed by atoms with Crippen molar-refractivity contribution in [3.63, 3.8) is 0 Å². The number of ether oxygens (including phenoxy) is 1. The first-order valence-electron chi connectivity index (χ1n) is 4.38. The van der Waals surface area contributed by atoms with Crippen molar-refractivity contribution < 1.29 is 4.74 Å². The van der Waals surface area contributed by atoms with Crippen molar-refractivity contribution in [2.45, 2.75) is 37.5 Å². The van der Waals surface area contributed by atoms with E-state index in [1.165, 1.54) is 0 Å². The van der Waals surface area contributed by atoms with Crippen molar-refractivity contribution in [3.05, 3.63) is 12.7 Å². The van der Waals surface area contributed by atoms with Crippen LogP contribution in [0.3, 0.4) is 0 Å². The molecule has 0 spiro atoms. The molecule has 1 aliphatic rings. The Hall–Kier alpha value is -0.0500. The van der Waals surface area contributed by atoms with E-state index >= 15 is 0 Å². The largest absolute Gasteiger partial charge is 0.356 e. The average Bonchev–Trinajstić information content (AvgIpc) is 2.07. The second kappa shape index (κ2) is 4.85. The molecule has 2 unspecified atom stereocenters. The fourth-order valence-corrected chi connectivity index (χ4v) is 1.47. The second-order valence-corrected chi connectivity index (χ2v) is 3.60. The molecule has 2 nitrogen and oxygen atoms in total. The van der Waals surface area contributed by atoms with Gasteiger partial charge in [0.15, 0.2) is 0 Å². The standard InChI is InChI=1S/C9H16ClNO/c1-3-4-5-8-6-11-7(2)9(10)12-8/h3,7-9,11H,1,4-6H2,2H3/t7-,8?,9?/m0/s1. The van der Waals surface area contributed by atoms with Crippen LogP contribution in [-0.4, -0.2) is 24.3 Å². The number of allylic oxidation sites excluding steroid dienone is 1. The van der Waals surface area contributed by atoms with Crippen LogP contribution in [-0.2, 0) is 4.74 Å². The first kappa shape index (κ1) is 10.0. The quantitative estimate of drug-likeness (QED) is 0.541. The van der Waals surface area contributed by atoms with Gasteiger partial charge in [0.2, 0.25) is 0 Å². The highest BCUT2D eigenvalue weighted by molar-refractivity contribution is 6.20. The van der Waals surface area contributed by atoms with E-state index in [9.17, 15) is 0 Å². The van der Waals surface area contributed by atoms with Crippen molar-refractivity contribution in [1.29, 1.82) is 0 Å². The van der Waals surface area contributed by atoms with E-state index in [0.717, 1.165) is 19.4 Å². The fraction of sp³-hybridized carbons (Fsp3) is 0.778. The van der Waals surface area contributed by atoms with E-state index in [4.69, 9.17) is 16.3 Å². The lowest BCUT2D eigenvalue weighted by Crippen LogP contribution is -2.48. The molecule has 3 heteroatoms. The molecule has 0 aliphatic carbocycles. The predicted octanol–water partition coefficient (Wildman–Crippen LogP) is 1.89. The van der Waals surface area contributed by atoms with Crippen LogP contribution in [0.4, 0.5) is 0 Å². The van der Waals surface area contributed by atoms with Crippen LogP contribution >= 0.6 is 11.6 Å². The van der Waals surface area contributed by atoms with Gasteiger partial charge in [0.05, 0.1) is 6.10 Å². The third kappa shape index (κ3) is 2.77. The van der Waals surface area contributed by atoms with Crippen LogP contribution in [0.2, 0.25) is 0 Å². The molecule has 1 N–H and O–H groups in total. The highest BCUT2D eigenvalue weighted by atomic mass is 35.5. The Morgan fingerprint density at radius 3 is 3.08 bits per heavy atom. The summed E-state index contributed by atoms with van der Waals surface area (Å²) < 4.78 is 5.56. The summed E-state index contributed by atoms with van der Waals surface area (Å²) in [7, 11) is 0. The lowest BCUT2D eigenvalue weighted by Gasteiger charge is -2.32. The molecule has 1 saturated heterocycles. The van der Waals surface area contributed by atoms with Crippen molar-refractivity contribution in [3.8, 4) is 0 Å². The van der Waals surface area contributed by atoms with Gasteiger partial charge < -0.3 is 10.1 Å².